The third-order valence-corrected chi connectivity index (χ3v) is 4.02. The van der Waals surface area contributed by atoms with Gasteiger partial charge in [-0.05, 0) is 36.1 Å². The first kappa shape index (κ1) is 17.1. The van der Waals surface area contributed by atoms with Crippen LogP contribution in [0.2, 0.25) is 0 Å². The first-order chi connectivity index (χ1) is 12.4. The number of aromatic carboxylic acids is 1. The molecule has 0 saturated carbocycles. The summed E-state index contributed by atoms with van der Waals surface area (Å²) < 4.78 is 0. The molecule has 0 aromatic heterocycles. The molecule has 3 rings (SSSR count). The molecule has 7 nitrogen and oxygen atoms in total. The van der Waals surface area contributed by atoms with E-state index in [1.54, 1.807) is 37.3 Å². The van der Waals surface area contributed by atoms with Crippen molar-refractivity contribution in [3.63, 3.8) is 0 Å². The number of carboxylic acid groups (broad SMARTS) is 1. The van der Waals surface area contributed by atoms with Crippen molar-refractivity contribution in [1.82, 2.24) is 0 Å². The van der Waals surface area contributed by atoms with Crippen molar-refractivity contribution < 1.29 is 14.7 Å². The number of nitrogen functional groups attached to an aromatic ring is 1. The zero-order valence-corrected chi connectivity index (χ0v) is 13.9. The van der Waals surface area contributed by atoms with Crippen molar-refractivity contribution in [2.75, 3.05) is 5.73 Å². The standard InChI is InChI=1S/C19H16N4O3/c1-10-6-7-12(18(21)24)9-15(10)22-23-17-13-5-3-2-4-11(13)8-14(20)16(17)19(25)26/h2-9H,20H2,1H3,(H2,21,24)(H,25,26). The summed E-state index contributed by atoms with van der Waals surface area (Å²) in [6, 6.07) is 13.6. The number of hydrogen-bond acceptors (Lipinski definition) is 5. The Hall–Kier alpha value is -3.74. The Kier molecular flexibility index (Phi) is 4.36. The summed E-state index contributed by atoms with van der Waals surface area (Å²) in [6.45, 7) is 1.80. The molecular weight excluding hydrogens is 332 g/mol. The number of carbonyl (C=O) groups excluding carboxylic acids is 1. The molecule has 0 atom stereocenters. The highest BCUT2D eigenvalue weighted by Crippen LogP contribution is 2.36. The lowest BCUT2D eigenvalue weighted by molar-refractivity contribution is 0.0698. The van der Waals surface area contributed by atoms with Gasteiger partial charge in [0.25, 0.3) is 0 Å². The van der Waals surface area contributed by atoms with Crippen LogP contribution in [0.3, 0.4) is 0 Å². The van der Waals surface area contributed by atoms with Crippen molar-refractivity contribution in [3.8, 4) is 0 Å². The van der Waals surface area contributed by atoms with Crippen LogP contribution in [0, 0.1) is 6.92 Å². The maximum atomic E-state index is 11.7. The summed E-state index contributed by atoms with van der Waals surface area (Å²) in [5.41, 5.74) is 12.8. The molecule has 0 radical (unpaired) electrons. The highest BCUT2D eigenvalue weighted by atomic mass is 16.4. The molecule has 0 bridgehead atoms. The van der Waals surface area contributed by atoms with Crippen LogP contribution < -0.4 is 11.5 Å². The van der Waals surface area contributed by atoms with E-state index in [-0.39, 0.29) is 16.9 Å². The maximum absolute atomic E-state index is 11.7. The SMILES string of the molecule is Cc1ccc(C(N)=O)cc1N=Nc1c(C(=O)O)c(N)cc2ccccc12. The van der Waals surface area contributed by atoms with Gasteiger partial charge in [0.05, 0.1) is 5.69 Å². The zero-order chi connectivity index (χ0) is 18.8. The number of carboxylic acids is 1. The van der Waals surface area contributed by atoms with Gasteiger partial charge in [-0.3, -0.25) is 4.79 Å². The van der Waals surface area contributed by atoms with Crippen LogP contribution in [-0.4, -0.2) is 17.0 Å². The van der Waals surface area contributed by atoms with E-state index >= 15 is 0 Å². The van der Waals surface area contributed by atoms with E-state index in [2.05, 4.69) is 10.2 Å². The van der Waals surface area contributed by atoms with Crippen LogP contribution in [0.5, 0.6) is 0 Å². The Bertz CT molecular complexity index is 1070. The van der Waals surface area contributed by atoms with E-state index < -0.39 is 11.9 Å². The molecule has 3 aromatic rings. The number of hydrogen-bond donors (Lipinski definition) is 3. The maximum Gasteiger partial charge on any atom is 0.340 e. The van der Waals surface area contributed by atoms with E-state index in [1.165, 1.54) is 6.07 Å². The second-order valence-electron chi connectivity index (χ2n) is 5.78. The van der Waals surface area contributed by atoms with Gasteiger partial charge in [-0.15, -0.1) is 5.11 Å². The topological polar surface area (TPSA) is 131 Å². The number of carbonyl (C=O) groups is 2. The summed E-state index contributed by atoms with van der Waals surface area (Å²) in [5.74, 6) is -1.77. The molecule has 130 valence electrons. The molecule has 0 unspecified atom stereocenters. The van der Waals surface area contributed by atoms with Gasteiger partial charge < -0.3 is 16.6 Å². The van der Waals surface area contributed by atoms with Gasteiger partial charge in [-0.1, -0.05) is 30.3 Å². The van der Waals surface area contributed by atoms with Gasteiger partial charge in [0, 0.05) is 16.6 Å². The number of primary amides is 1. The molecule has 5 N–H and O–H groups in total. The lowest BCUT2D eigenvalue weighted by Gasteiger charge is -2.09. The van der Waals surface area contributed by atoms with Crippen LogP contribution in [-0.2, 0) is 0 Å². The fraction of sp³-hybridized carbons (Fsp3) is 0.0526. The normalized spacial score (nSPS) is 11.1. The number of azo groups is 1. The lowest BCUT2D eigenvalue weighted by Crippen LogP contribution is -2.10. The minimum absolute atomic E-state index is 0.104. The Morgan fingerprint density at radius 1 is 1.04 bits per heavy atom. The number of rotatable bonds is 4. The van der Waals surface area contributed by atoms with Gasteiger partial charge >= 0.3 is 5.97 Å². The minimum atomic E-state index is -1.19. The molecule has 3 aromatic carbocycles. The van der Waals surface area contributed by atoms with Crippen LogP contribution in [0.15, 0.2) is 58.8 Å². The summed E-state index contributed by atoms with van der Waals surface area (Å²) in [5, 5.41) is 19.2. The lowest BCUT2D eigenvalue weighted by atomic mass is 10.0. The minimum Gasteiger partial charge on any atom is -0.478 e. The smallest absolute Gasteiger partial charge is 0.340 e. The number of amides is 1. The number of fused-ring (bicyclic) bond motifs is 1. The summed E-state index contributed by atoms with van der Waals surface area (Å²) in [6.07, 6.45) is 0. The molecular formula is C19H16N4O3. The van der Waals surface area contributed by atoms with Crippen molar-refractivity contribution >= 4 is 39.7 Å². The van der Waals surface area contributed by atoms with E-state index in [1.807, 2.05) is 12.1 Å². The van der Waals surface area contributed by atoms with E-state index in [4.69, 9.17) is 11.5 Å². The van der Waals surface area contributed by atoms with Gasteiger partial charge in [-0.2, -0.15) is 5.11 Å². The second kappa shape index (κ2) is 6.64. The molecule has 26 heavy (non-hydrogen) atoms. The summed E-state index contributed by atoms with van der Waals surface area (Å²) >= 11 is 0. The van der Waals surface area contributed by atoms with Crippen molar-refractivity contribution in [1.29, 1.82) is 0 Å². The van der Waals surface area contributed by atoms with Crippen LogP contribution in [0.1, 0.15) is 26.3 Å². The first-order valence-corrected chi connectivity index (χ1v) is 7.75. The summed E-state index contributed by atoms with van der Waals surface area (Å²) in [7, 11) is 0. The first-order valence-electron chi connectivity index (χ1n) is 7.75. The van der Waals surface area contributed by atoms with Gasteiger partial charge in [0.1, 0.15) is 11.3 Å². The summed E-state index contributed by atoms with van der Waals surface area (Å²) in [4.78, 5) is 23.0. The van der Waals surface area contributed by atoms with Crippen molar-refractivity contribution in [3.05, 3.63) is 65.2 Å². The Balaban J connectivity index is 2.21. The Morgan fingerprint density at radius 3 is 2.46 bits per heavy atom. The molecule has 0 spiro atoms. The molecule has 0 saturated heterocycles. The molecule has 7 heteroatoms. The van der Waals surface area contributed by atoms with E-state index in [9.17, 15) is 14.7 Å². The largest absolute Gasteiger partial charge is 0.478 e. The number of nitrogens with zero attached hydrogens (tertiary/aromatic N) is 2. The molecule has 0 heterocycles. The van der Waals surface area contributed by atoms with Crippen LogP contribution >= 0.6 is 0 Å². The van der Waals surface area contributed by atoms with E-state index in [0.29, 0.717) is 16.6 Å². The van der Waals surface area contributed by atoms with Gasteiger partial charge in [0.2, 0.25) is 5.91 Å². The molecule has 0 aliphatic carbocycles. The Morgan fingerprint density at radius 2 is 1.77 bits per heavy atom. The molecule has 1 amide bonds. The highest BCUT2D eigenvalue weighted by molar-refractivity contribution is 6.09. The van der Waals surface area contributed by atoms with Crippen LogP contribution in [0.4, 0.5) is 17.1 Å². The fourth-order valence-electron chi connectivity index (χ4n) is 2.65. The zero-order valence-electron chi connectivity index (χ0n) is 13.9. The Labute approximate surface area is 149 Å². The van der Waals surface area contributed by atoms with Crippen molar-refractivity contribution in [2.24, 2.45) is 16.0 Å². The molecule has 0 fully saturated rings. The fourth-order valence-corrected chi connectivity index (χ4v) is 2.65. The molecule has 0 aliphatic rings. The predicted octanol–water partition coefficient (Wildman–Crippen LogP) is 3.94. The van der Waals surface area contributed by atoms with E-state index in [0.717, 1.165) is 10.9 Å². The second-order valence-corrected chi connectivity index (χ2v) is 5.78. The average Bonchev–Trinajstić information content (AvgIpc) is 2.59. The average molecular weight is 348 g/mol. The third kappa shape index (κ3) is 3.10. The third-order valence-electron chi connectivity index (χ3n) is 4.02. The van der Waals surface area contributed by atoms with Gasteiger partial charge in [-0.25, -0.2) is 4.79 Å². The molecule has 0 aliphatic heterocycles. The number of anilines is 1. The quantitative estimate of drug-likeness (QED) is 0.486. The van der Waals surface area contributed by atoms with Crippen molar-refractivity contribution in [2.45, 2.75) is 6.92 Å². The van der Waals surface area contributed by atoms with Gasteiger partial charge in [0.15, 0.2) is 0 Å². The number of aryl methyl sites for hydroxylation is 1. The van der Waals surface area contributed by atoms with Crippen LogP contribution in [0.25, 0.3) is 10.8 Å². The monoisotopic (exact) mass is 348 g/mol. The predicted molar refractivity (Wildman–Crippen MR) is 99.2 cm³/mol. The highest BCUT2D eigenvalue weighted by Gasteiger charge is 2.18. The number of nitrogens with two attached hydrogens (primary N) is 2. The number of benzene rings is 3.